The first-order valence-electron chi connectivity index (χ1n) is 11.6. The van der Waals surface area contributed by atoms with Crippen molar-refractivity contribution in [2.75, 3.05) is 26.2 Å². The number of nitrogens with zero attached hydrogens (tertiary/aromatic N) is 3. The Kier molecular flexibility index (Phi) is 6.30. The second kappa shape index (κ2) is 9.49. The van der Waals surface area contributed by atoms with Gasteiger partial charge in [-0.2, -0.15) is 0 Å². The number of benzene rings is 2. The molecule has 0 unspecified atom stereocenters. The van der Waals surface area contributed by atoms with Gasteiger partial charge in [-0.15, -0.1) is 0 Å². The number of fused-ring (bicyclic) bond motifs is 1. The van der Waals surface area contributed by atoms with E-state index in [9.17, 15) is 9.50 Å². The number of aliphatic hydroxyl groups is 1. The fourth-order valence-electron chi connectivity index (χ4n) is 5.48. The van der Waals surface area contributed by atoms with Crippen LogP contribution in [0.4, 0.5) is 4.39 Å². The Morgan fingerprint density at radius 3 is 2.44 bits per heavy atom. The van der Waals surface area contributed by atoms with E-state index < -0.39 is 0 Å². The van der Waals surface area contributed by atoms with Crippen molar-refractivity contribution in [2.45, 2.75) is 37.4 Å². The maximum Gasteiger partial charge on any atom is 0.131 e. The van der Waals surface area contributed by atoms with Crippen LogP contribution in [0.2, 0.25) is 0 Å². The lowest BCUT2D eigenvalue weighted by Gasteiger charge is -2.57. The molecule has 3 atom stereocenters. The van der Waals surface area contributed by atoms with E-state index in [1.807, 2.05) is 36.7 Å². The minimum absolute atomic E-state index is 0.153. The zero-order chi connectivity index (χ0) is 21.9. The second-order valence-electron chi connectivity index (χ2n) is 8.98. The number of aromatic nitrogens is 1. The van der Waals surface area contributed by atoms with Crippen LogP contribution in [0.1, 0.15) is 29.9 Å². The number of aliphatic hydroxyl groups excluding tert-OH is 1. The van der Waals surface area contributed by atoms with Gasteiger partial charge in [0.15, 0.2) is 0 Å². The average molecular weight is 432 g/mol. The number of rotatable bonds is 5. The van der Waals surface area contributed by atoms with Gasteiger partial charge in [0.25, 0.3) is 0 Å². The van der Waals surface area contributed by atoms with Crippen molar-refractivity contribution in [1.82, 2.24) is 14.8 Å². The SMILES string of the molecule is OC[C@@H]1[C@@H](c2ccc(-c3ccccc3F)cc2)[C@@H]2CN(Cc3ccncc3)CCCCN12. The maximum atomic E-state index is 14.2. The van der Waals surface area contributed by atoms with Crippen LogP contribution in [0, 0.1) is 5.82 Å². The number of hydrogen-bond donors (Lipinski definition) is 1. The van der Waals surface area contributed by atoms with Crippen LogP contribution in [-0.4, -0.2) is 58.2 Å². The van der Waals surface area contributed by atoms with Gasteiger partial charge in [0, 0.05) is 49.0 Å². The third-order valence-corrected chi connectivity index (χ3v) is 7.09. The Morgan fingerprint density at radius 2 is 1.69 bits per heavy atom. The summed E-state index contributed by atoms with van der Waals surface area (Å²) in [6.07, 6.45) is 6.04. The largest absolute Gasteiger partial charge is 0.395 e. The molecule has 0 radical (unpaired) electrons. The van der Waals surface area contributed by atoms with Gasteiger partial charge in [-0.3, -0.25) is 14.8 Å². The van der Waals surface area contributed by atoms with E-state index in [1.165, 1.54) is 23.6 Å². The van der Waals surface area contributed by atoms with Crippen LogP contribution in [0.5, 0.6) is 0 Å². The van der Waals surface area contributed by atoms with E-state index in [4.69, 9.17) is 0 Å². The summed E-state index contributed by atoms with van der Waals surface area (Å²) in [5.74, 6) is 0.0859. The van der Waals surface area contributed by atoms with Crippen molar-refractivity contribution in [1.29, 1.82) is 0 Å². The molecule has 32 heavy (non-hydrogen) atoms. The Bertz CT molecular complexity index is 1030. The zero-order valence-electron chi connectivity index (χ0n) is 18.3. The lowest BCUT2D eigenvalue weighted by atomic mass is 9.74. The quantitative estimate of drug-likeness (QED) is 0.653. The van der Waals surface area contributed by atoms with E-state index in [0.717, 1.165) is 38.2 Å². The first kappa shape index (κ1) is 21.3. The van der Waals surface area contributed by atoms with Gasteiger partial charge in [0.2, 0.25) is 0 Å². The highest BCUT2D eigenvalue weighted by molar-refractivity contribution is 5.64. The maximum absolute atomic E-state index is 14.2. The minimum Gasteiger partial charge on any atom is -0.395 e. The third-order valence-electron chi connectivity index (χ3n) is 7.09. The molecule has 166 valence electrons. The highest BCUT2D eigenvalue weighted by Gasteiger charge is 2.49. The van der Waals surface area contributed by atoms with E-state index >= 15 is 0 Å². The van der Waals surface area contributed by atoms with Crippen molar-refractivity contribution in [3.63, 3.8) is 0 Å². The zero-order valence-corrected chi connectivity index (χ0v) is 18.3. The van der Waals surface area contributed by atoms with Gasteiger partial charge in [0.1, 0.15) is 5.82 Å². The molecular weight excluding hydrogens is 401 g/mol. The molecule has 2 aliphatic heterocycles. The summed E-state index contributed by atoms with van der Waals surface area (Å²) in [5.41, 5.74) is 4.04. The molecule has 1 aromatic heterocycles. The van der Waals surface area contributed by atoms with Crippen LogP contribution >= 0.6 is 0 Å². The van der Waals surface area contributed by atoms with Gasteiger partial charge >= 0.3 is 0 Å². The molecule has 2 fully saturated rings. The Hall–Kier alpha value is -2.60. The molecule has 1 N–H and O–H groups in total. The standard InChI is InChI=1S/C27H30FN3O/c28-24-6-2-1-5-23(24)21-7-9-22(10-8-21)27-25-18-30(17-20-11-13-29-14-12-20)15-3-4-16-31(25)26(27)19-32/h1-2,5-14,25-27,32H,3-4,15-19H2/t25-,26+,27-/m0/s1. The normalized spacial score (nSPS) is 24.2. The van der Waals surface area contributed by atoms with Crippen LogP contribution in [0.3, 0.4) is 0 Å². The van der Waals surface area contributed by atoms with E-state index in [2.05, 4.69) is 39.0 Å². The summed E-state index contributed by atoms with van der Waals surface area (Å²) < 4.78 is 14.2. The van der Waals surface area contributed by atoms with Crippen molar-refractivity contribution in [2.24, 2.45) is 0 Å². The van der Waals surface area contributed by atoms with Crippen molar-refractivity contribution < 1.29 is 9.50 Å². The molecule has 2 saturated heterocycles. The summed E-state index contributed by atoms with van der Waals surface area (Å²) >= 11 is 0. The van der Waals surface area contributed by atoms with E-state index in [1.54, 1.807) is 6.07 Å². The molecule has 2 aliphatic rings. The monoisotopic (exact) mass is 431 g/mol. The number of halogens is 1. The van der Waals surface area contributed by atoms with Crippen LogP contribution in [-0.2, 0) is 6.54 Å². The molecule has 0 bridgehead atoms. The minimum atomic E-state index is -0.199. The van der Waals surface area contributed by atoms with Crippen molar-refractivity contribution in [3.05, 3.63) is 90.0 Å². The summed E-state index contributed by atoms with van der Waals surface area (Å²) in [4.78, 5) is 9.18. The smallest absolute Gasteiger partial charge is 0.131 e. The summed E-state index contributed by atoms with van der Waals surface area (Å²) in [5, 5.41) is 10.2. The molecule has 0 saturated carbocycles. The van der Waals surface area contributed by atoms with Crippen LogP contribution < -0.4 is 0 Å². The first-order chi connectivity index (χ1) is 15.7. The molecule has 0 spiro atoms. The van der Waals surface area contributed by atoms with Crippen LogP contribution in [0.25, 0.3) is 11.1 Å². The molecule has 4 nitrogen and oxygen atoms in total. The highest BCUT2D eigenvalue weighted by Crippen LogP contribution is 2.42. The second-order valence-corrected chi connectivity index (χ2v) is 8.98. The van der Waals surface area contributed by atoms with Gasteiger partial charge in [-0.25, -0.2) is 4.39 Å². The molecule has 2 aromatic carbocycles. The van der Waals surface area contributed by atoms with Gasteiger partial charge in [0.05, 0.1) is 6.61 Å². The lowest BCUT2D eigenvalue weighted by molar-refractivity contribution is -0.0655. The predicted molar refractivity (Wildman–Crippen MR) is 125 cm³/mol. The van der Waals surface area contributed by atoms with Gasteiger partial charge in [-0.05, 0) is 60.8 Å². The number of pyridine rings is 1. The van der Waals surface area contributed by atoms with Gasteiger partial charge in [-0.1, -0.05) is 42.5 Å². The molecular formula is C27H30FN3O. The van der Waals surface area contributed by atoms with Gasteiger partial charge < -0.3 is 5.11 Å². The fraction of sp³-hybridized carbons (Fsp3) is 0.370. The number of hydrogen-bond acceptors (Lipinski definition) is 4. The Morgan fingerprint density at radius 1 is 0.938 bits per heavy atom. The topological polar surface area (TPSA) is 39.6 Å². The highest BCUT2D eigenvalue weighted by atomic mass is 19.1. The molecule has 5 rings (SSSR count). The Balaban J connectivity index is 1.37. The Labute approximate surface area is 189 Å². The molecule has 0 amide bonds. The first-order valence-corrected chi connectivity index (χ1v) is 11.6. The average Bonchev–Trinajstić information content (AvgIpc) is 2.81. The van der Waals surface area contributed by atoms with E-state index in [-0.39, 0.29) is 24.4 Å². The summed E-state index contributed by atoms with van der Waals surface area (Å²) in [7, 11) is 0. The molecule has 5 heteroatoms. The van der Waals surface area contributed by atoms with Crippen molar-refractivity contribution >= 4 is 0 Å². The summed E-state index contributed by atoms with van der Waals surface area (Å²) in [6, 6.07) is 19.9. The predicted octanol–water partition coefficient (Wildman–Crippen LogP) is 4.31. The molecule has 0 aliphatic carbocycles. The fourth-order valence-corrected chi connectivity index (χ4v) is 5.48. The van der Waals surface area contributed by atoms with E-state index in [0.29, 0.717) is 11.6 Å². The van der Waals surface area contributed by atoms with Crippen LogP contribution in [0.15, 0.2) is 73.1 Å². The lowest BCUT2D eigenvalue weighted by Crippen LogP contribution is -2.67. The summed E-state index contributed by atoms with van der Waals surface area (Å²) in [6.45, 7) is 4.22. The third kappa shape index (κ3) is 4.20. The molecule has 3 aromatic rings. The molecule has 3 heterocycles. The van der Waals surface area contributed by atoms with Crippen molar-refractivity contribution in [3.8, 4) is 11.1 Å².